The first kappa shape index (κ1) is 27.2. The van der Waals surface area contributed by atoms with Gasteiger partial charge in [-0.05, 0) is 60.4 Å². The minimum Gasteiger partial charge on any atom is -0.504 e. The van der Waals surface area contributed by atoms with Crippen LogP contribution in [0.15, 0.2) is 46.6 Å². The lowest BCUT2D eigenvalue weighted by Gasteiger charge is -2.04. The molecule has 0 saturated heterocycles. The second-order valence-electron chi connectivity index (χ2n) is 7.72. The Balaban J connectivity index is 1.52. The quantitative estimate of drug-likeness (QED) is 0.184. The van der Waals surface area contributed by atoms with Crippen molar-refractivity contribution in [3.63, 3.8) is 0 Å². The molecule has 0 bridgehead atoms. The number of nitrogens with one attached hydrogen (secondary N) is 2. The number of unbranched alkanes of at least 4 members (excludes halogenated alkanes) is 4. The summed E-state index contributed by atoms with van der Waals surface area (Å²) in [5, 5.41) is 27.0. The van der Waals surface area contributed by atoms with Gasteiger partial charge in [-0.3, -0.25) is 9.59 Å². The average Bonchev–Trinajstić information content (AvgIpc) is 2.85. The summed E-state index contributed by atoms with van der Waals surface area (Å²) >= 11 is 0. The van der Waals surface area contributed by atoms with Crippen molar-refractivity contribution in [3.05, 3.63) is 47.5 Å². The molecule has 0 aliphatic rings. The van der Waals surface area contributed by atoms with Gasteiger partial charge in [-0.15, -0.1) is 0 Å². The van der Waals surface area contributed by atoms with Crippen LogP contribution < -0.4 is 20.3 Å². The number of carbonyl (C=O) groups excluding carboxylic acids is 2. The van der Waals surface area contributed by atoms with Crippen LogP contribution in [0.25, 0.3) is 0 Å². The predicted octanol–water partition coefficient (Wildman–Crippen LogP) is 3.45. The molecule has 0 aromatic heterocycles. The van der Waals surface area contributed by atoms with Gasteiger partial charge in [0.05, 0.1) is 26.6 Å². The van der Waals surface area contributed by atoms with Crippen molar-refractivity contribution in [2.45, 2.75) is 44.9 Å². The van der Waals surface area contributed by atoms with Crippen LogP contribution >= 0.6 is 0 Å². The fourth-order valence-electron chi connectivity index (χ4n) is 3.12. The summed E-state index contributed by atoms with van der Waals surface area (Å²) in [5.74, 6) is 0.400. The van der Waals surface area contributed by atoms with E-state index in [1.165, 1.54) is 38.8 Å². The molecule has 2 aromatic carbocycles. The number of methoxy groups -OCH3 is 2. The predicted molar refractivity (Wildman–Crippen MR) is 133 cm³/mol. The second-order valence-corrected chi connectivity index (χ2v) is 7.72. The van der Waals surface area contributed by atoms with E-state index in [4.69, 9.17) is 9.47 Å². The average molecular weight is 485 g/mol. The van der Waals surface area contributed by atoms with Crippen molar-refractivity contribution in [2.75, 3.05) is 14.2 Å². The summed E-state index contributed by atoms with van der Waals surface area (Å²) < 4.78 is 10.1. The highest BCUT2D eigenvalue weighted by molar-refractivity contribution is 5.84. The summed E-state index contributed by atoms with van der Waals surface area (Å²) in [6.45, 7) is 0. The van der Waals surface area contributed by atoms with Crippen molar-refractivity contribution in [3.8, 4) is 23.0 Å². The molecule has 0 fully saturated rings. The molecule has 2 aromatic rings. The molecule has 35 heavy (non-hydrogen) atoms. The first-order chi connectivity index (χ1) is 16.9. The van der Waals surface area contributed by atoms with E-state index in [0.29, 0.717) is 35.5 Å². The van der Waals surface area contributed by atoms with Gasteiger partial charge < -0.3 is 19.7 Å². The van der Waals surface area contributed by atoms with Crippen molar-refractivity contribution in [1.29, 1.82) is 0 Å². The third-order valence-electron chi connectivity index (χ3n) is 5.02. The van der Waals surface area contributed by atoms with Gasteiger partial charge in [-0.2, -0.15) is 10.2 Å². The van der Waals surface area contributed by atoms with Gasteiger partial charge >= 0.3 is 0 Å². The van der Waals surface area contributed by atoms with Gasteiger partial charge in [0.1, 0.15) is 0 Å². The Labute approximate surface area is 204 Å². The smallest absolute Gasteiger partial charge is 0.240 e. The lowest BCUT2D eigenvalue weighted by molar-refractivity contribution is -0.121. The summed E-state index contributed by atoms with van der Waals surface area (Å²) in [7, 11) is 2.92. The summed E-state index contributed by atoms with van der Waals surface area (Å²) in [6.07, 6.45) is 7.87. The van der Waals surface area contributed by atoms with E-state index >= 15 is 0 Å². The zero-order valence-corrected chi connectivity index (χ0v) is 20.0. The highest BCUT2D eigenvalue weighted by Crippen LogP contribution is 2.26. The number of phenolic OH excluding ortho intramolecular Hbond substituents is 2. The van der Waals surface area contributed by atoms with E-state index in [9.17, 15) is 19.8 Å². The molecule has 2 amide bonds. The maximum absolute atomic E-state index is 11.9. The highest BCUT2D eigenvalue weighted by atomic mass is 16.5. The van der Waals surface area contributed by atoms with Crippen molar-refractivity contribution in [2.24, 2.45) is 10.2 Å². The molecule has 0 saturated carbocycles. The largest absolute Gasteiger partial charge is 0.504 e. The Kier molecular flexibility index (Phi) is 11.6. The molecule has 0 atom stereocenters. The van der Waals surface area contributed by atoms with Crippen LogP contribution in [0.4, 0.5) is 0 Å². The minimum atomic E-state index is -0.171. The minimum absolute atomic E-state index is 0.0369. The maximum atomic E-state index is 11.9. The van der Waals surface area contributed by atoms with Crippen molar-refractivity contribution < 1.29 is 29.3 Å². The monoisotopic (exact) mass is 484 g/mol. The van der Waals surface area contributed by atoms with Crippen LogP contribution in [0.3, 0.4) is 0 Å². The van der Waals surface area contributed by atoms with E-state index in [-0.39, 0.29) is 23.3 Å². The van der Waals surface area contributed by atoms with E-state index < -0.39 is 0 Å². The van der Waals surface area contributed by atoms with Gasteiger partial charge in [-0.1, -0.05) is 19.3 Å². The molecule has 0 aliphatic carbocycles. The number of hydrazone groups is 2. The van der Waals surface area contributed by atoms with Gasteiger partial charge in [0.25, 0.3) is 0 Å². The molecular weight excluding hydrogens is 452 g/mol. The third kappa shape index (κ3) is 10.2. The standard InChI is InChI=1S/C25H32N4O6/c1-34-22-14-18(10-12-20(22)30)16-26-28-24(32)8-6-4-3-5-7-9-25(33)29-27-17-19-11-13-21(31)23(15-19)35-2/h10-17,30-31H,3-9H2,1-2H3,(H,28,32)(H,29,33)/b26-16+,27-17+. The molecule has 0 spiro atoms. The van der Waals surface area contributed by atoms with Crippen LogP contribution in [0, 0.1) is 0 Å². The number of aromatic hydroxyl groups is 2. The van der Waals surface area contributed by atoms with Gasteiger partial charge in [0.15, 0.2) is 23.0 Å². The number of nitrogens with zero attached hydrogens (tertiary/aromatic N) is 2. The van der Waals surface area contributed by atoms with Gasteiger partial charge in [0, 0.05) is 12.8 Å². The summed E-state index contributed by atoms with van der Waals surface area (Å²) in [4.78, 5) is 23.7. The topological polar surface area (TPSA) is 142 Å². The molecule has 2 rings (SSSR count). The molecule has 4 N–H and O–H groups in total. The number of benzene rings is 2. The summed E-state index contributed by atoms with van der Waals surface area (Å²) in [6, 6.07) is 9.54. The van der Waals surface area contributed by atoms with Crippen LogP contribution in [0.5, 0.6) is 23.0 Å². The number of amides is 2. The van der Waals surface area contributed by atoms with Crippen LogP contribution in [-0.4, -0.2) is 48.7 Å². The van der Waals surface area contributed by atoms with E-state index in [2.05, 4.69) is 21.1 Å². The molecule has 188 valence electrons. The number of hydrogen-bond donors (Lipinski definition) is 4. The Morgan fingerprint density at radius 1 is 0.743 bits per heavy atom. The first-order valence-corrected chi connectivity index (χ1v) is 11.3. The first-order valence-electron chi connectivity index (χ1n) is 11.3. The summed E-state index contributed by atoms with van der Waals surface area (Å²) in [5.41, 5.74) is 6.34. The van der Waals surface area contributed by atoms with Crippen molar-refractivity contribution in [1.82, 2.24) is 10.9 Å². The molecule has 0 unspecified atom stereocenters. The van der Waals surface area contributed by atoms with E-state index in [1.807, 2.05) is 0 Å². The normalized spacial score (nSPS) is 11.0. The number of phenols is 2. The number of rotatable bonds is 14. The lowest BCUT2D eigenvalue weighted by atomic mass is 10.1. The van der Waals surface area contributed by atoms with Gasteiger partial charge in [-0.25, -0.2) is 10.9 Å². The molecule has 10 nitrogen and oxygen atoms in total. The SMILES string of the molecule is COc1cc(/C=N/NC(=O)CCCCCCCC(=O)N/N=C/c2ccc(O)c(OC)c2)ccc1O. The lowest BCUT2D eigenvalue weighted by Crippen LogP contribution is -2.17. The zero-order chi connectivity index (χ0) is 25.5. The molecule has 10 heteroatoms. The molecule has 0 radical (unpaired) electrons. The fraction of sp³-hybridized carbons (Fsp3) is 0.360. The molecular formula is C25H32N4O6. The zero-order valence-electron chi connectivity index (χ0n) is 20.0. The number of ether oxygens (including phenoxy) is 2. The Morgan fingerprint density at radius 2 is 1.14 bits per heavy atom. The van der Waals surface area contributed by atoms with Crippen LogP contribution in [-0.2, 0) is 9.59 Å². The Morgan fingerprint density at radius 3 is 1.54 bits per heavy atom. The third-order valence-corrected chi connectivity index (χ3v) is 5.02. The Hall–Kier alpha value is -4.08. The van der Waals surface area contributed by atoms with Crippen LogP contribution in [0.2, 0.25) is 0 Å². The van der Waals surface area contributed by atoms with E-state index in [1.54, 1.807) is 24.3 Å². The fourth-order valence-corrected chi connectivity index (χ4v) is 3.12. The second kappa shape index (κ2) is 14.9. The van der Waals surface area contributed by atoms with Crippen LogP contribution in [0.1, 0.15) is 56.1 Å². The number of carbonyl (C=O) groups is 2. The molecule has 0 heterocycles. The molecule has 0 aliphatic heterocycles. The van der Waals surface area contributed by atoms with Gasteiger partial charge in [0.2, 0.25) is 11.8 Å². The highest BCUT2D eigenvalue weighted by Gasteiger charge is 2.04. The van der Waals surface area contributed by atoms with Crippen molar-refractivity contribution >= 4 is 24.2 Å². The number of hydrogen-bond acceptors (Lipinski definition) is 8. The maximum Gasteiger partial charge on any atom is 0.240 e. The van der Waals surface area contributed by atoms with E-state index in [0.717, 1.165) is 32.1 Å². The Bertz CT molecular complexity index is 957.